The lowest BCUT2D eigenvalue weighted by Gasteiger charge is -2.24. The summed E-state index contributed by atoms with van der Waals surface area (Å²) in [6, 6.07) is 16.1. The van der Waals surface area contributed by atoms with E-state index in [1.807, 2.05) is 30.3 Å². The van der Waals surface area contributed by atoms with Crippen LogP contribution in [0.1, 0.15) is 39.5 Å². The predicted molar refractivity (Wildman–Crippen MR) is 95.4 cm³/mol. The highest BCUT2D eigenvalue weighted by molar-refractivity contribution is 5.97. The average molecular weight is 319 g/mol. The van der Waals surface area contributed by atoms with E-state index < -0.39 is 0 Å². The van der Waals surface area contributed by atoms with Gasteiger partial charge in [0.15, 0.2) is 5.78 Å². The highest BCUT2D eigenvalue weighted by atomic mass is 16.5. The molecular formula is C21H21NO2. The number of ether oxygens (including phenoxy) is 1. The van der Waals surface area contributed by atoms with Gasteiger partial charge in [-0.05, 0) is 24.6 Å². The van der Waals surface area contributed by atoms with Crippen LogP contribution in [-0.4, -0.2) is 17.0 Å². The molecule has 0 saturated heterocycles. The number of hydrogen-bond acceptors (Lipinski definition) is 2. The van der Waals surface area contributed by atoms with Crippen molar-refractivity contribution in [1.29, 1.82) is 0 Å². The molecule has 0 amide bonds. The maximum absolute atomic E-state index is 12.7. The number of aryl methyl sites for hydroxylation is 2. The zero-order valence-electron chi connectivity index (χ0n) is 14.1. The van der Waals surface area contributed by atoms with Crippen LogP contribution in [0.3, 0.4) is 0 Å². The number of hydrogen-bond donors (Lipinski definition) is 0. The Hall–Kier alpha value is -2.39. The van der Waals surface area contributed by atoms with E-state index in [-0.39, 0.29) is 11.7 Å². The van der Waals surface area contributed by atoms with E-state index in [1.165, 1.54) is 27.7 Å². The van der Waals surface area contributed by atoms with Crippen molar-refractivity contribution in [1.82, 2.24) is 4.57 Å². The molecule has 0 radical (unpaired) electrons. The van der Waals surface area contributed by atoms with Gasteiger partial charge in [-0.1, -0.05) is 42.0 Å². The fraction of sp³-hybridized carbons (Fsp3) is 0.286. The van der Waals surface area contributed by atoms with Crippen LogP contribution in [0.4, 0.5) is 0 Å². The van der Waals surface area contributed by atoms with Crippen LogP contribution < -0.4 is 0 Å². The zero-order valence-corrected chi connectivity index (χ0v) is 14.1. The van der Waals surface area contributed by atoms with Gasteiger partial charge in [0.2, 0.25) is 0 Å². The molecule has 2 heterocycles. The van der Waals surface area contributed by atoms with Gasteiger partial charge in [-0.2, -0.15) is 0 Å². The second kappa shape index (κ2) is 5.91. The number of carbonyl (C=O) groups is 1. The number of fused-ring (bicyclic) bond motifs is 3. The molecule has 0 bridgehead atoms. The van der Waals surface area contributed by atoms with Gasteiger partial charge in [0.1, 0.15) is 0 Å². The van der Waals surface area contributed by atoms with E-state index in [9.17, 15) is 4.79 Å². The molecule has 4 rings (SSSR count). The summed E-state index contributed by atoms with van der Waals surface area (Å²) >= 11 is 0. The van der Waals surface area contributed by atoms with Gasteiger partial charge >= 0.3 is 0 Å². The van der Waals surface area contributed by atoms with Crippen molar-refractivity contribution in [3.8, 4) is 0 Å². The number of benzene rings is 2. The van der Waals surface area contributed by atoms with E-state index in [0.717, 1.165) is 5.56 Å². The minimum atomic E-state index is 0.118. The van der Waals surface area contributed by atoms with Gasteiger partial charge in [-0.3, -0.25) is 4.79 Å². The predicted octanol–water partition coefficient (Wildman–Crippen LogP) is 4.37. The van der Waals surface area contributed by atoms with Crippen LogP contribution in [0.5, 0.6) is 0 Å². The van der Waals surface area contributed by atoms with Gasteiger partial charge in [-0.15, -0.1) is 0 Å². The second-order valence-electron chi connectivity index (χ2n) is 6.65. The second-order valence-corrected chi connectivity index (χ2v) is 6.65. The minimum absolute atomic E-state index is 0.118. The fourth-order valence-corrected chi connectivity index (χ4v) is 3.78. The first-order chi connectivity index (χ1) is 11.6. The first-order valence-corrected chi connectivity index (χ1v) is 8.39. The van der Waals surface area contributed by atoms with Gasteiger partial charge in [0.05, 0.1) is 13.2 Å². The van der Waals surface area contributed by atoms with Crippen LogP contribution in [0, 0.1) is 6.92 Å². The van der Waals surface area contributed by atoms with E-state index in [2.05, 4.69) is 36.7 Å². The molecule has 0 spiro atoms. The Labute approximate surface area is 141 Å². The molecule has 3 aromatic rings. The molecule has 0 aliphatic carbocycles. The molecule has 3 heteroatoms. The molecule has 122 valence electrons. The molecule has 1 aliphatic heterocycles. The van der Waals surface area contributed by atoms with Crippen molar-refractivity contribution >= 4 is 16.7 Å². The molecule has 0 unspecified atom stereocenters. The van der Waals surface area contributed by atoms with E-state index in [0.29, 0.717) is 19.6 Å². The highest BCUT2D eigenvalue weighted by Crippen LogP contribution is 2.38. The Kier molecular flexibility index (Phi) is 3.73. The minimum Gasteiger partial charge on any atom is -0.375 e. The summed E-state index contributed by atoms with van der Waals surface area (Å²) in [4.78, 5) is 12.7. The maximum Gasteiger partial charge on any atom is 0.163 e. The van der Waals surface area contributed by atoms with Crippen molar-refractivity contribution in [2.75, 3.05) is 6.61 Å². The number of aromatic nitrogens is 1. The average Bonchev–Trinajstić information content (AvgIpc) is 2.89. The molecule has 1 atom stereocenters. The number of Topliss-reactive ketones (excluding diaryl/α,β-unsaturated/α-hetero) is 1. The first kappa shape index (κ1) is 15.2. The Morgan fingerprint density at radius 2 is 2.00 bits per heavy atom. The van der Waals surface area contributed by atoms with Crippen LogP contribution in [-0.2, 0) is 18.4 Å². The summed E-state index contributed by atoms with van der Waals surface area (Å²) < 4.78 is 8.02. The number of carbonyl (C=O) groups excluding carboxylic acids is 1. The van der Waals surface area contributed by atoms with Crippen molar-refractivity contribution in [3.63, 3.8) is 0 Å². The van der Waals surface area contributed by atoms with Crippen molar-refractivity contribution in [3.05, 3.63) is 70.9 Å². The summed E-state index contributed by atoms with van der Waals surface area (Å²) in [6.07, 6.45) is 0.490. The molecule has 24 heavy (non-hydrogen) atoms. The van der Waals surface area contributed by atoms with Gasteiger partial charge in [-0.25, -0.2) is 0 Å². The topological polar surface area (TPSA) is 31.2 Å². The number of nitrogens with zero attached hydrogens (tertiary/aromatic N) is 1. The summed E-state index contributed by atoms with van der Waals surface area (Å²) in [5.41, 5.74) is 5.74. The molecular weight excluding hydrogens is 298 g/mol. The highest BCUT2D eigenvalue weighted by Gasteiger charge is 2.29. The lowest BCUT2D eigenvalue weighted by atomic mass is 9.88. The smallest absolute Gasteiger partial charge is 0.163 e. The van der Waals surface area contributed by atoms with Crippen molar-refractivity contribution in [2.45, 2.75) is 25.9 Å². The molecule has 3 nitrogen and oxygen atoms in total. The van der Waals surface area contributed by atoms with E-state index >= 15 is 0 Å². The Morgan fingerprint density at radius 1 is 1.21 bits per heavy atom. The summed E-state index contributed by atoms with van der Waals surface area (Å²) in [5.74, 6) is 0.300. The third kappa shape index (κ3) is 2.45. The van der Waals surface area contributed by atoms with Crippen molar-refractivity contribution in [2.24, 2.45) is 7.05 Å². The van der Waals surface area contributed by atoms with Gasteiger partial charge < -0.3 is 9.30 Å². The monoisotopic (exact) mass is 319 g/mol. The van der Waals surface area contributed by atoms with E-state index in [1.54, 1.807) is 0 Å². The summed E-state index contributed by atoms with van der Waals surface area (Å²) in [5, 5.41) is 1.27. The lowest BCUT2D eigenvalue weighted by Crippen LogP contribution is -2.20. The Bertz CT molecular complexity index is 908. The molecule has 1 aliphatic rings. The van der Waals surface area contributed by atoms with Crippen LogP contribution in [0.25, 0.3) is 10.9 Å². The fourth-order valence-electron chi connectivity index (χ4n) is 3.78. The first-order valence-electron chi connectivity index (χ1n) is 8.39. The maximum atomic E-state index is 12.7. The van der Waals surface area contributed by atoms with Crippen LogP contribution >= 0.6 is 0 Å². The van der Waals surface area contributed by atoms with Gasteiger partial charge in [0, 0.05) is 41.5 Å². The third-order valence-corrected chi connectivity index (χ3v) is 5.01. The Morgan fingerprint density at radius 3 is 2.79 bits per heavy atom. The molecule has 0 N–H and O–H groups in total. The standard InChI is InChI=1S/C21H21NO2/c1-14-8-9-18-17(10-14)21-16(12-24-13-19(21)22(18)2)11-20(23)15-6-4-3-5-7-15/h3-10,16H,11-13H2,1-2H3/t16-/m0/s1. The summed E-state index contributed by atoms with van der Waals surface area (Å²) in [7, 11) is 2.08. The number of ketones is 1. The molecule has 1 aromatic heterocycles. The SMILES string of the molecule is Cc1ccc2c(c1)c1c(n2C)COC[C@@H]1CC(=O)c1ccccc1. The molecule has 0 saturated carbocycles. The van der Waals surface area contributed by atoms with Gasteiger partial charge in [0.25, 0.3) is 0 Å². The summed E-state index contributed by atoms with van der Waals surface area (Å²) in [6.45, 7) is 3.34. The van der Waals surface area contributed by atoms with Crippen LogP contribution in [0.2, 0.25) is 0 Å². The quantitative estimate of drug-likeness (QED) is 0.671. The molecule has 2 aromatic carbocycles. The normalized spacial score (nSPS) is 17.0. The third-order valence-electron chi connectivity index (χ3n) is 5.01. The Balaban J connectivity index is 1.76. The van der Waals surface area contributed by atoms with Crippen molar-refractivity contribution < 1.29 is 9.53 Å². The molecule has 0 fully saturated rings. The lowest BCUT2D eigenvalue weighted by molar-refractivity contribution is 0.0764. The number of rotatable bonds is 3. The zero-order chi connectivity index (χ0) is 16.7. The largest absolute Gasteiger partial charge is 0.375 e. The van der Waals surface area contributed by atoms with Crippen LogP contribution in [0.15, 0.2) is 48.5 Å². The van der Waals surface area contributed by atoms with E-state index in [4.69, 9.17) is 4.74 Å².